The summed E-state index contributed by atoms with van der Waals surface area (Å²) in [7, 11) is 0. The van der Waals surface area contributed by atoms with Crippen molar-refractivity contribution in [1.29, 1.82) is 0 Å². The van der Waals surface area contributed by atoms with Crippen LogP contribution in [0.15, 0.2) is 22.0 Å². The maximum Gasteiger partial charge on any atom is -0.147 e. The van der Waals surface area contributed by atoms with E-state index in [-0.39, 0.29) is 24.8 Å². The van der Waals surface area contributed by atoms with E-state index in [1.807, 2.05) is 0 Å². The number of allylic oxidation sites excluding steroid dienone is 4. The van der Waals surface area contributed by atoms with Gasteiger partial charge in [0, 0.05) is 0 Å². The number of hydrogen-bond acceptors (Lipinski definition) is 0. The molecule has 0 aliphatic heterocycles. The summed E-state index contributed by atoms with van der Waals surface area (Å²) >= 11 is 2.64. The molecule has 0 aromatic heterocycles. The smallest absolute Gasteiger partial charge is 0.147 e. The van der Waals surface area contributed by atoms with Gasteiger partial charge in [0.15, 0.2) is 0 Å². The van der Waals surface area contributed by atoms with Crippen LogP contribution < -0.4 is 0 Å². The van der Waals surface area contributed by atoms with E-state index in [1.165, 1.54) is 17.1 Å². The third-order valence-corrected chi connectivity index (χ3v) is 2.66. The molecule has 1 aliphatic rings. The minimum Gasteiger partial charge on any atom is -0.147 e. The largest absolute Gasteiger partial charge is 0.147 e. The van der Waals surface area contributed by atoms with Crippen molar-refractivity contribution in [3.63, 3.8) is 0 Å². The molecule has 0 spiro atoms. The maximum absolute atomic E-state index is 2.64. The molecule has 1 atom stereocenters. The average molecular weight is 259 g/mol. The van der Waals surface area contributed by atoms with Crippen molar-refractivity contribution in [1.82, 2.24) is 0 Å². The fourth-order valence-corrected chi connectivity index (χ4v) is 1.85. The van der Waals surface area contributed by atoms with Crippen molar-refractivity contribution in [2.75, 3.05) is 0 Å². The first-order valence-electron chi connectivity index (χ1n) is 4.33. The Morgan fingerprint density at radius 1 is 1.46 bits per heavy atom. The number of hydrogen-bond donors (Lipinski definition) is 0. The monoisotopic (exact) mass is 258 g/mol. The van der Waals surface area contributed by atoms with Gasteiger partial charge in [0.25, 0.3) is 0 Å². The Kier molecular flexibility index (Phi) is 9.89. The summed E-state index contributed by atoms with van der Waals surface area (Å²) < 4.78 is 1.45. The molecule has 1 unspecified atom stereocenters. The molecule has 0 saturated heterocycles. The van der Waals surface area contributed by atoms with Gasteiger partial charge in [-0.05, 0) is 0 Å². The van der Waals surface area contributed by atoms with Gasteiger partial charge in [-0.1, -0.05) is 0 Å². The standard InChI is InChI=1S/C10H15.2ClH.V/c1-3-6-9(2)10-7-4-5-8-10;;;/h7-9H,3-4,6H2,1-2H3;2*1H;. The molecule has 0 amide bonds. The summed E-state index contributed by atoms with van der Waals surface area (Å²) in [5.74, 6) is 0.765. The second-order valence-electron chi connectivity index (χ2n) is 3.23. The van der Waals surface area contributed by atoms with Gasteiger partial charge < -0.3 is 0 Å². The molecule has 0 fully saturated rings. The van der Waals surface area contributed by atoms with E-state index in [2.05, 4.69) is 43.4 Å². The Morgan fingerprint density at radius 2 is 2.08 bits per heavy atom. The van der Waals surface area contributed by atoms with E-state index in [4.69, 9.17) is 0 Å². The fourth-order valence-electron chi connectivity index (χ4n) is 1.48. The molecule has 1 rings (SSSR count). The average Bonchev–Trinajstić information content (AvgIpc) is 2.36. The van der Waals surface area contributed by atoms with E-state index >= 15 is 0 Å². The van der Waals surface area contributed by atoms with Crippen LogP contribution in [0, 0.1) is 5.92 Å². The molecule has 0 aromatic rings. The quantitative estimate of drug-likeness (QED) is 0.717. The molecule has 0 saturated carbocycles. The van der Waals surface area contributed by atoms with Gasteiger partial charge in [-0.3, -0.25) is 0 Å². The van der Waals surface area contributed by atoms with Gasteiger partial charge in [-0.2, -0.15) is 0 Å². The van der Waals surface area contributed by atoms with Gasteiger partial charge in [-0.25, -0.2) is 0 Å². The molecule has 0 aromatic carbocycles. The third kappa shape index (κ3) is 5.17. The summed E-state index contributed by atoms with van der Waals surface area (Å²) in [5, 5.41) is 0. The molecule has 0 N–H and O–H groups in total. The van der Waals surface area contributed by atoms with E-state index in [1.54, 1.807) is 5.57 Å². The topological polar surface area (TPSA) is 0 Å². The Bertz CT molecular complexity index is 197. The van der Waals surface area contributed by atoms with Crippen LogP contribution in [0.25, 0.3) is 0 Å². The minimum atomic E-state index is 0. The van der Waals surface area contributed by atoms with Crippen LogP contribution in [-0.2, 0) is 17.4 Å². The van der Waals surface area contributed by atoms with Gasteiger partial charge in [0.05, 0.1) is 0 Å². The van der Waals surface area contributed by atoms with Gasteiger partial charge >= 0.3 is 78.5 Å². The van der Waals surface area contributed by atoms with Crippen LogP contribution in [0.5, 0.6) is 0 Å². The van der Waals surface area contributed by atoms with Crippen molar-refractivity contribution in [3.05, 3.63) is 22.0 Å². The van der Waals surface area contributed by atoms with Crippen molar-refractivity contribution >= 4 is 24.8 Å². The predicted molar refractivity (Wildman–Crippen MR) is 59.4 cm³/mol. The van der Waals surface area contributed by atoms with Gasteiger partial charge in [0.2, 0.25) is 0 Å². The molecular weight excluding hydrogens is 242 g/mol. The van der Waals surface area contributed by atoms with Crippen molar-refractivity contribution in [2.45, 2.75) is 33.1 Å². The Balaban J connectivity index is 0. The summed E-state index contributed by atoms with van der Waals surface area (Å²) in [6.07, 6.45) is 8.44. The zero-order chi connectivity index (χ0) is 8.27. The molecule has 13 heavy (non-hydrogen) atoms. The van der Waals surface area contributed by atoms with Gasteiger partial charge in [-0.15, -0.1) is 24.8 Å². The Morgan fingerprint density at radius 3 is 2.46 bits per heavy atom. The minimum absolute atomic E-state index is 0. The molecule has 76 valence electrons. The summed E-state index contributed by atoms with van der Waals surface area (Å²) in [4.78, 5) is 0. The number of halogens is 2. The second kappa shape index (κ2) is 7.99. The predicted octanol–water partition coefficient (Wildman–Crippen LogP) is 4.03. The normalized spacial score (nSPS) is 16.5. The first-order chi connectivity index (χ1) is 5.24. The van der Waals surface area contributed by atoms with Crippen molar-refractivity contribution in [3.8, 4) is 0 Å². The van der Waals surface area contributed by atoms with Crippen LogP contribution in [-0.4, -0.2) is 0 Å². The van der Waals surface area contributed by atoms with Gasteiger partial charge in [0.1, 0.15) is 0 Å². The SMILES string of the molecule is CCCC(C)C1=CC[C]([V])=C1.Cl.Cl. The molecule has 3 heteroatoms. The Labute approximate surface area is 103 Å². The summed E-state index contributed by atoms with van der Waals surface area (Å²) in [5.41, 5.74) is 1.54. The maximum atomic E-state index is 2.64. The zero-order valence-corrected chi connectivity index (χ0v) is 11.1. The summed E-state index contributed by atoms with van der Waals surface area (Å²) in [6.45, 7) is 4.57. The van der Waals surface area contributed by atoms with Crippen LogP contribution in [0.4, 0.5) is 0 Å². The zero-order valence-electron chi connectivity index (χ0n) is 8.12. The van der Waals surface area contributed by atoms with E-state index in [0.29, 0.717) is 0 Å². The third-order valence-electron chi connectivity index (χ3n) is 2.17. The first-order valence-corrected chi connectivity index (χ1v) is 5.03. The van der Waals surface area contributed by atoms with Crippen molar-refractivity contribution < 1.29 is 17.4 Å². The fraction of sp³-hybridized carbons (Fsp3) is 0.600. The van der Waals surface area contributed by atoms with E-state index in [9.17, 15) is 0 Å². The molecular formula is C10H17Cl2V. The second-order valence-corrected chi connectivity index (χ2v) is 4.13. The van der Waals surface area contributed by atoms with Crippen LogP contribution in [0.3, 0.4) is 0 Å². The molecule has 0 nitrogen and oxygen atoms in total. The molecule has 1 aliphatic carbocycles. The molecule has 0 bridgehead atoms. The van der Waals surface area contributed by atoms with Crippen molar-refractivity contribution in [2.24, 2.45) is 5.92 Å². The van der Waals surface area contributed by atoms with E-state index in [0.717, 1.165) is 12.3 Å². The number of rotatable bonds is 3. The summed E-state index contributed by atoms with van der Waals surface area (Å²) in [6, 6.07) is 0. The van der Waals surface area contributed by atoms with Crippen LogP contribution in [0.2, 0.25) is 0 Å². The van der Waals surface area contributed by atoms with Crippen LogP contribution >= 0.6 is 24.8 Å². The molecule has 0 heterocycles. The van der Waals surface area contributed by atoms with Crippen LogP contribution in [0.1, 0.15) is 33.1 Å². The Hall–Kier alpha value is 0.644. The first kappa shape index (κ1) is 16.1. The molecule has 0 radical (unpaired) electrons. The van der Waals surface area contributed by atoms with E-state index < -0.39 is 0 Å².